The smallest absolute Gasteiger partial charge is 0.255 e. The van der Waals surface area contributed by atoms with Crippen LogP contribution in [0.1, 0.15) is 22.7 Å². The maximum atomic E-state index is 11.6. The highest BCUT2D eigenvalue weighted by molar-refractivity contribution is 7.13. The number of carbonyl (C=O) groups is 1. The van der Waals surface area contributed by atoms with Crippen LogP contribution in [0.15, 0.2) is 12.0 Å². The van der Waals surface area contributed by atoms with Crippen molar-refractivity contribution in [2.24, 2.45) is 11.5 Å². The zero-order chi connectivity index (χ0) is 13.8. The third-order valence-corrected chi connectivity index (χ3v) is 3.94. The summed E-state index contributed by atoms with van der Waals surface area (Å²) in [5, 5.41) is 7.02. The number of carbonyl (C=O) groups excluding carboxylic acids is 1. The van der Waals surface area contributed by atoms with Crippen LogP contribution in [-0.2, 0) is 4.79 Å². The van der Waals surface area contributed by atoms with Crippen LogP contribution in [0.25, 0.3) is 5.57 Å². The Bertz CT molecular complexity index is 490. The number of piperidine rings is 1. The molecular formula is C12H19N5OS. The first-order valence-electron chi connectivity index (χ1n) is 6.27. The third kappa shape index (κ3) is 3.45. The van der Waals surface area contributed by atoms with Gasteiger partial charge in [0.05, 0.1) is 0 Å². The van der Waals surface area contributed by atoms with E-state index in [-0.39, 0.29) is 11.6 Å². The van der Waals surface area contributed by atoms with Gasteiger partial charge >= 0.3 is 0 Å². The maximum absolute atomic E-state index is 11.6. The van der Waals surface area contributed by atoms with Crippen LogP contribution in [0.4, 0.5) is 0 Å². The second-order valence-corrected chi connectivity index (χ2v) is 5.85. The lowest BCUT2D eigenvalue weighted by molar-refractivity contribution is -0.112. The van der Waals surface area contributed by atoms with E-state index in [4.69, 9.17) is 11.5 Å². The van der Waals surface area contributed by atoms with Gasteiger partial charge in [0.1, 0.15) is 16.4 Å². The minimum Gasteiger partial charge on any atom is -0.385 e. The molecule has 0 radical (unpaired) electrons. The van der Waals surface area contributed by atoms with Crippen LogP contribution >= 0.6 is 11.3 Å². The number of nitrogens with one attached hydrogen (secondary N) is 2. The van der Waals surface area contributed by atoms with Crippen molar-refractivity contribution < 1.29 is 4.79 Å². The van der Waals surface area contributed by atoms with Gasteiger partial charge in [0, 0.05) is 23.7 Å². The minimum absolute atomic E-state index is 0.226. The van der Waals surface area contributed by atoms with Gasteiger partial charge in [-0.05, 0) is 26.3 Å². The molecule has 6 N–H and O–H groups in total. The summed E-state index contributed by atoms with van der Waals surface area (Å²) in [6.07, 6.45) is 3.82. The molecule has 1 aromatic heterocycles. The fourth-order valence-corrected chi connectivity index (χ4v) is 2.92. The lowest BCUT2D eigenvalue weighted by Gasteiger charge is -2.25. The van der Waals surface area contributed by atoms with E-state index in [0.717, 1.165) is 30.8 Å². The second kappa shape index (κ2) is 6.03. The van der Waals surface area contributed by atoms with Crippen LogP contribution in [0, 0.1) is 6.92 Å². The molecule has 0 saturated carbocycles. The number of aromatic nitrogens is 1. The number of nitrogens with zero attached hydrogens (tertiary/aromatic N) is 1. The Kier molecular flexibility index (Phi) is 4.39. The van der Waals surface area contributed by atoms with Crippen molar-refractivity contribution in [1.82, 2.24) is 15.6 Å². The van der Waals surface area contributed by atoms with E-state index < -0.39 is 5.91 Å². The van der Waals surface area contributed by atoms with Crippen molar-refractivity contribution in [3.63, 3.8) is 0 Å². The van der Waals surface area contributed by atoms with Crippen LogP contribution < -0.4 is 22.1 Å². The molecule has 1 atom stereocenters. The highest BCUT2D eigenvalue weighted by Gasteiger charge is 2.20. The van der Waals surface area contributed by atoms with Gasteiger partial charge < -0.3 is 22.1 Å². The molecule has 1 amide bonds. The molecule has 0 spiro atoms. The van der Waals surface area contributed by atoms with Gasteiger partial charge in [-0.3, -0.25) is 4.79 Å². The molecule has 0 bridgehead atoms. The number of hydrogen-bond acceptors (Lipinski definition) is 6. The van der Waals surface area contributed by atoms with E-state index in [2.05, 4.69) is 15.6 Å². The zero-order valence-electron chi connectivity index (χ0n) is 10.9. The van der Waals surface area contributed by atoms with Crippen molar-refractivity contribution >= 4 is 22.8 Å². The lowest BCUT2D eigenvalue weighted by atomic mass is 10.1. The second-order valence-electron chi connectivity index (χ2n) is 4.62. The lowest BCUT2D eigenvalue weighted by Crippen LogP contribution is -2.44. The van der Waals surface area contributed by atoms with E-state index in [9.17, 15) is 4.79 Å². The summed E-state index contributed by atoms with van der Waals surface area (Å²) in [5.74, 6) is -0.237. The van der Waals surface area contributed by atoms with Gasteiger partial charge in [-0.1, -0.05) is 0 Å². The number of nitrogens with two attached hydrogens (primary N) is 2. The van der Waals surface area contributed by atoms with Crippen molar-refractivity contribution in [1.29, 1.82) is 0 Å². The van der Waals surface area contributed by atoms with Crippen molar-refractivity contribution in [2.75, 3.05) is 13.1 Å². The maximum Gasteiger partial charge on any atom is 0.255 e. The summed E-state index contributed by atoms with van der Waals surface area (Å²) in [7, 11) is 0. The van der Waals surface area contributed by atoms with Crippen LogP contribution in [0.5, 0.6) is 0 Å². The quantitative estimate of drug-likeness (QED) is 0.577. The van der Waals surface area contributed by atoms with E-state index in [1.54, 1.807) is 6.20 Å². The van der Waals surface area contributed by atoms with E-state index in [1.807, 2.05) is 6.92 Å². The van der Waals surface area contributed by atoms with Gasteiger partial charge in [-0.15, -0.1) is 11.3 Å². The van der Waals surface area contributed by atoms with Gasteiger partial charge in [0.2, 0.25) is 0 Å². The summed E-state index contributed by atoms with van der Waals surface area (Å²) < 4.78 is 0. The Labute approximate surface area is 116 Å². The molecule has 0 aromatic carbocycles. The standard InChI is InChI=1S/C12H19N5OS/c1-7-5-16-12(19-7)9(11(14)18)10(13)17-8-3-2-4-15-6-8/h5,8,15,17H,2-4,6,13H2,1H3,(H2,14,18)/b10-9-/t8-/m1/s1. The van der Waals surface area contributed by atoms with Crippen molar-refractivity contribution in [3.05, 3.63) is 21.9 Å². The largest absolute Gasteiger partial charge is 0.385 e. The van der Waals surface area contributed by atoms with Gasteiger partial charge in [0.25, 0.3) is 5.91 Å². The zero-order valence-corrected chi connectivity index (χ0v) is 11.7. The first kappa shape index (κ1) is 13.8. The number of aryl methyl sites for hydroxylation is 1. The summed E-state index contributed by atoms with van der Waals surface area (Å²) >= 11 is 1.41. The molecule has 1 aromatic rings. The molecule has 2 rings (SSSR count). The Balaban J connectivity index is 2.20. The topological polar surface area (TPSA) is 106 Å². The van der Waals surface area contributed by atoms with E-state index in [0.29, 0.717) is 10.8 Å². The Morgan fingerprint density at radius 1 is 1.58 bits per heavy atom. The SMILES string of the molecule is Cc1cnc(/C(C(N)=O)=C(/N)N[C@@H]2CCCNC2)s1. The van der Waals surface area contributed by atoms with Crippen molar-refractivity contribution in [3.8, 4) is 0 Å². The molecule has 6 nitrogen and oxygen atoms in total. The Morgan fingerprint density at radius 3 is 2.89 bits per heavy atom. The molecular weight excluding hydrogens is 262 g/mol. The van der Waals surface area contributed by atoms with E-state index >= 15 is 0 Å². The molecule has 0 aliphatic carbocycles. The molecule has 0 unspecified atom stereocenters. The molecule has 7 heteroatoms. The molecule has 104 valence electrons. The predicted octanol–water partition coefficient (Wildman–Crippen LogP) is -0.0943. The monoisotopic (exact) mass is 281 g/mol. The van der Waals surface area contributed by atoms with Crippen molar-refractivity contribution in [2.45, 2.75) is 25.8 Å². The van der Waals surface area contributed by atoms with Crippen LogP contribution in [0.2, 0.25) is 0 Å². The number of amides is 1. The molecule has 2 heterocycles. The predicted molar refractivity (Wildman–Crippen MR) is 76.2 cm³/mol. The first-order valence-corrected chi connectivity index (χ1v) is 7.09. The first-order chi connectivity index (χ1) is 9.08. The summed E-state index contributed by atoms with van der Waals surface area (Å²) in [6, 6.07) is 0.226. The highest BCUT2D eigenvalue weighted by atomic mass is 32.1. The number of hydrogen-bond donors (Lipinski definition) is 4. The molecule has 1 saturated heterocycles. The highest BCUT2D eigenvalue weighted by Crippen LogP contribution is 2.21. The molecule has 19 heavy (non-hydrogen) atoms. The fraction of sp³-hybridized carbons (Fsp3) is 0.500. The van der Waals surface area contributed by atoms with E-state index in [1.165, 1.54) is 11.3 Å². The summed E-state index contributed by atoms with van der Waals surface area (Å²) in [5.41, 5.74) is 11.7. The van der Waals surface area contributed by atoms with Gasteiger partial charge in [0.15, 0.2) is 0 Å². The minimum atomic E-state index is -0.553. The number of primary amides is 1. The molecule has 1 aliphatic rings. The third-order valence-electron chi connectivity index (χ3n) is 3.01. The fourth-order valence-electron chi connectivity index (χ4n) is 2.09. The Morgan fingerprint density at radius 2 is 2.37 bits per heavy atom. The summed E-state index contributed by atoms with van der Waals surface area (Å²) in [6.45, 7) is 3.79. The normalized spacial score (nSPS) is 20.8. The molecule has 1 aliphatic heterocycles. The van der Waals surface area contributed by atoms with Gasteiger partial charge in [-0.25, -0.2) is 4.98 Å². The average Bonchev–Trinajstić information content (AvgIpc) is 2.76. The van der Waals surface area contributed by atoms with Crippen LogP contribution in [0.3, 0.4) is 0 Å². The number of rotatable bonds is 4. The molecule has 1 fully saturated rings. The van der Waals surface area contributed by atoms with Gasteiger partial charge in [-0.2, -0.15) is 0 Å². The number of thiazole rings is 1. The average molecular weight is 281 g/mol. The van der Waals surface area contributed by atoms with Crippen LogP contribution in [-0.4, -0.2) is 30.0 Å². The summed E-state index contributed by atoms with van der Waals surface area (Å²) in [4.78, 5) is 16.8. The Hall–Kier alpha value is -1.60.